The van der Waals surface area contributed by atoms with E-state index in [9.17, 15) is 4.39 Å². The van der Waals surface area contributed by atoms with Gasteiger partial charge in [0.25, 0.3) is 0 Å². The second kappa shape index (κ2) is 7.67. The summed E-state index contributed by atoms with van der Waals surface area (Å²) in [5.74, 6) is 0.673. The molecule has 4 heteroatoms. The Kier molecular flexibility index (Phi) is 6.52. The summed E-state index contributed by atoms with van der Waals surface area (Å²) in [6.07, 6.45) is 1.14. The van der Waals surface area contributed by atoms with Crippen molar-refractivity contribution in [3.05, 3.63) is 28.5 Å². The van der Waals surface area contributed by atoms with Crippen LogP contribution in [0.3, 0.4) is 0 Å². The van der Waals surface area contributed by atoms with Gasteiger partial charge in [-0.3, -0.25) is 0 Å². The van der Waals surface area contributed by atoms with Gasteiger partial charge in [-0.25, -0.2) is 4.39 Å². The van der Waals surface area contributed by atoms with Crippen molar-refractivity contribution < 1.29 is 9.13 Å². The van der Waals surface area contributed by atoms with Gasteiger partial charge < -0.3 is 10.1 Å². The Balaban J connectivity index is 2.20. The lowest BCUT2D eigenvalue weighted by Crippen LogP contribution is -2.23. The number of hydrogen-bond acceptors (Lipinski definition) is 2. The average Bonchev–Trinajstić information content (AvgIpc) is 2.27. The van der Waals surface area contributed by atoms with Crippen molar-refractivity contribution in [1.82, 2.24) is 5.32 Å². The zero-order valence-electron chi connectivity index (χ0n) is 10.3. The van der Waals surface area contributed by atoms with Crippen LogP contribution in [-0.2, 0) is 0 Å². The smallest absolute Gasteiger partial charge is 0.165 e. The van der Waals surface area contributed by atoms with Crippen LogP contribution in [0.15, 0.2) is 22.7 Å². The lowest BCUT2D eigenvalue weighted by atomic mass is 10.1. The van der Waals surface area contributed by atoms with Crippen LogP contribution in [0.5, 0.6) is 5.75 Å². The molecular weight excluding hydrogens is 285 g/mol. The summed E-state index contributed by atoms with van der Waals surface area (Å²) >= 11 is 3.28. The van der Waals surface area contributed by atoms with Gasteiger partial charge >= 0.3 is 0 Å². The molecule has 96 valence electrons. The Hall–Kier alpha value is -0.610. The predicted octanol–water partition coefficient (Wildman–Crippen LogP) is 3.60. The van der Waals surface area contributed by atoms with E-state index in [-0.39, 0.29) is 5.82 Å². The molecule has 0 heterocycles. The molecule has 1 rings (SSSR count). The fourth-order valence-electron chi connectivity index (χ4n) is 1.34. The van der Waals surface area contributed by atoms with E-state index in [1.54, 1.807) is 12.1 Å². The highest BCUT2D eigenvalue weighted by Crippen LogP contribution is 2.21. The highest BCUT2D eigenvalue weighted by Gasteiger charge is 2.03. The van der Waals surface area contributed by atoms with Gasteiger partial charge in [-0.1, -0.05) is 29.8 Å². The van der Waals surface area contributed by atoms with Gasteiger partial charge in [-0.2, -0.15) is 0 Å². The van der Waals surface area contributed by atoms with Crippen LogP contribution in [0.2, 0.25) is 0 Å². The molecule has 0 atom stereocenters. The van der Waals surface area contributed by atoms with Gasteiger partial charge in [-0.05, 0) is 37.1 Å². The van der Waals surface area contributed by atoms with Crippen LogP contribution in [0.4, 0.5) is 4.39 Å². The van der Waals surface area contributed by atoms with Crippen molar-refractivity contribution in [2.45, 2.75) is 20.3 Å². The third kappa shape index (κ3) is 6.03. The predicted molar refractivity (Wildman–Crippen MR) is 71.9 cm³/mol. The fourth-order valence-corrected chi connectivity index (χ4v) is 1.68. The lowest BCUT2D eigenvalue weighted by molar-refractivity contribution is 0.297. The number of rotatable bonds is 7. The summed E-state index contributed by atoms with van der Waals surface area (Å²) in [7, 11) is 0. The fraction of sp³-hybridized carbons (Fsp3) is 0.538. The summed E-state index contributed by atoms with van der Waals surface area (Å²) in [6.45, 7) is 6.57. The molecule has 0 aliphatic rings. The van der Waals surface area contributed by atoms with Gasteiger partial charge in [0, 0.05) is 11.0 Å². The molecule has 0 aliphatic carbocycles. The maximum atomic E-state index is 13.3. The summed E-state index contributed by atoms with van der Waals surface area (Å²) in [4.78, 5) is 0. The molecule has 0 saturated heterocycles. The van der Waals surface area contributed by atoms with E-state index in [1.165, 1.54) is 6.07 Å². The highest BCUT2D eigenvalue weighted by molar-refractivity contribution is 9.10. The minimum absolute atomic E-state index is 0.296. The molecule has 17 heavy (non-hydrogen) atoms. The minimum Gasteiger partial charge on any atom is -0.489 e. The van der Waals surface area contributed by atoms with E-state index < -0.39 is 0 Å². The van der Waals surface area contributed by atoms with Crippen molar-refractivity contribution in [2.75, 3.05) is 19.7 Å². The van der Waals surface area contributed by atoms with E-state index in [0.29, 0.717) is 18.3 Å². The number of halogens is 2. The second-order valence-corrected chi connectivity index (χ2v) is 5.27. The number of benzene rings is 1. The third-order valence-electron chi connectivity index (χ3n) is 2.33. The highest BCUT2D eigenvalue weighted by atomic mass is 79.9. The summed E-state index contributed by atoms with van der Waals surface area (Å²) in [5, 5.41) is 3.26. The first-order valence-corrected chi connectivity index (χ1v) is 6.67. The molecule has 0 spiro atoms. The molecule has 1 aromatic rings. The van der Waals surface area contributed by atoms with E-state index in [0.717, 1.165) is 24.0 Å². The molecule has 0 amide bonds. The molecule has 0 saturated carbocycles. The van der Waals surface area contributed by atoms with Crippen LogP contribution in [0.1, 0.15) is 20.3 Å². The molecule has 0 unspecified atom stereocenters. The Morgan fingerprint density at radius 1 is 1.35 bits per heavy atom. The van der Waals surface area contributed by atoms with Crippen LogP contribution in [-0.4, -0.2) is 19.7 Å². The van der Waals surface area contributed by atoms with Gasteiger partial charge in [0.05, 0.1) is 0 Å². The summed E-state index contributed by atoms with van der Waals surface area (Å²) < 4.78 is 19.5. The van der Waals surface area contributed by atoms with Crippen molar-refractivity contribution in [2.24, 2.45) is 5.92 Å². The zero-order valence-corrected chi connectivity index (χ0v) is 11.9. The molecule has 2 nitrogen and oxygen atoms in total. The second-order valence-electron chi connectivity index (χ2n) is 4.36. The molecule has 0 fully saturated rings. The van der Waals surface area contributed by atoms with Crippen LogP contribution >= 0.6 is 15.9 Å². The molecule has 0 radical (unpaired) electrons. The van der Waals surface area contributed by atoms with Gasteiger partial charge in [-0.15, -0.1) is 0 Å². The van der Waals surface area contributed by atoms with E-state index in [1.807, 2.05) is 0 Å². The first-order chi connectivity index (χ1) is 8.09. The Bertz CT molecular complexity index is 344. The number of hydrogen-bond donors (Lipinski definition) is 1. The average molecular weight is 304 g/mol. The Labute approximate surface area is 111 Å². The monoisotopic (exact) mass is 303 g/mol. The normalized spacial score (nSPS) is 10.9. The van der Waals surface area contributed by atoms with Crippen LogP contribution in [0.25, 0.3) is 0 Å². The molecule has 0 bridgehead atoms. The largest absolute Gasteiger partial charge is 0.489 e. The first kappa shape index (κ1) is 14.5. The number of ether oxygens (including phenoxy) is 1. The topological polar surface area (TPSA) is 21.3 Å². The zero-order chi connectivity index (χ0) is 12.7. The first-order valence-electron chi connectivity index (χ1n) is 5.88. The minimum atomic E-state index is -0.324. The van der Waals surface area contributed by atoms with E-state index in [2.05, 4.69) is 35.1 Å². The van der Waals surface area contributed by atoms with E-state index in [4.69, 9.17) is 4.74 Å². The standard InChI is InChI=1S/C13H19BrFNO/c1-10(2)5-6-16-7-8-17-13-9-11(14)3-4-12(13)15/h3-4,9-10,16H,5-8H2,1-2H3. The third-order valence-corrected chi connectivity index (χ3v) is 2.82. The quantitative estimate of drug-likeness (QED) is 0.777. The molecule has 0 aromatic heterocycles. The van der Waals surface area contributed by atoms with Gasteiger partial charge in [0.15, 0.2) is 11.6 Å². The Morgan fingerprint density at radius 3 is 2.82 bits per heavy atom. The van der Waals surface area contributed by atoms with Crippen molar-refractivity contribution in [3.8, 4) is 5.75 Å². The summed E-state index contributed by atoms with van der Waals surface area (Å²) in [6, 6.07) is 4.69. The van der Waals surface area contributed by atoms with Crippen molar-refractivity contribution >= 4 is 15.9 Å². The maximum Gasteiger partial charge on any atom is 0.165 e. The molecule has 0 aliphatic heterocycles. The molecule has 1 aromatic carbocycles. The summed E-state index contributed by atoms with van der Waals surface area (Å²) in [5.41, 5.74) is 0. The van der Waals surface area contributed by atoms with Gasteiger partial charge in [0.1, 0.15) is 6.61 Å². The lowest BCUT2D eigenvalue weighted by Gasteiger charge is -2.09. The molecular formula is C13H19BrFNO. The van der Waals surface area contributed by atoms with Crippen molar-refractivity contribution in [1.29, 1.82) is 0 Å². The van der Waals surface area contributed by atoms with Crippen LogP contribution in [0, 0.1) is 11.7 Å². The number of nitrogens with one attached hydrogen (secondary N) is 1. The SMILES string of the molecule is CC(C)CCNCCOc1cc(Br)ccc1F. The Morgan fingerprint density at radius 2 is 2.12 bits per heavy atom. The van der Waals surface area contributed by atoms with E-state index >= 15 is 0 Å². The maximum absolute atomic E-state index is 13.3. The van der Waals surface area contributed by atoms with Crippen LogP contribution < -0.4 is 10.1 Å². The van der Waals surface area contributed by atoms with Gasteiger partial charge in [0.2, 0.25) is 0 Å². The molecule has 1 N–H and O–H groups in total. The van der Waals surface area contributed by atoms with Crippen molar-refractivity contribution in [3.63, 3.8) is 0 Å².